The molecule has 1 aliphatic rings. The molecule has 0 saturated heterocycles. The Morgan fingerprint density at radius 2 is 2.05 bits per heavy atom. The molecule has 1 aromatic carbocycles. The summed E-state index contributed by atoms with van der Waals surface area (Å²) in [5.41, 5.74) is -0.0196. The van der Waals surface area contributed by atoms with Crippen molar-refractivity contribution in [1.29, 1.82) is 0 Å². The molecular formula is C13H14ClF3N2O2. The zero-order valence-electron chi connectivity index (χ0n) is 11.0. The Morgan fingerprint density at radius 1 is 1.33 bits per heavy atom. The highest BCUT2D eigenvalue weighted by Gasteiger charge is 2.42. The highest BCUT2D eigenvalue weighted by Crippen LogP contribution is 2.39. The maximum atomic E-state index is 12.8. The fourth-order valence-electron chi connectivity index (χ4n) is 2.62. The number of alkyl halides is 3. The molecule has 4 nitrogen and oxygen atoms in total. The van der Waals surface area contributed by atoms with Gasteiger partial charge in [-0.1, -0.05) is 18.0 Å². The Balaban J connectivity index is 2.13. The molecule has 1 fully saturated rings. The minimum Gasteiger partial charge on any atom is -0.377 e. The topological polar surface area (TPSA) is 55.2 Å². The molecule has 2 rings (SSSR count). The molecule has 1 aromatic rings. The largest absolute Gasteiger partial charge is 0.391 e. The molecule has 0 radical (unpaired) electrons. The fraction of sp³-hybridized carbons (Fsp3) is 0.538. The highest BCUT2D eigenvalue weighted by atomic mass is 35.5. The van der Waals surface area contributed by atoms with Gasteiger partial charge in [-0.2, -0.15) is 13.2 Å². The molecule has 2 atom stereocenters. The third-order valence-corrected chi connectivity index (χ3v) is 3.89. The summed E-state index contributed by atoms with van der Waals surface area (Å²) >= 11 is 5.71. The summed E-state index contributed by atoms with van der Waals surface area (Å²) in [6.45, 7) is 0. The summed E-state index contributed by atoms with van der Waals surface area (Å²) in [4.78, 5) is 10.4. The maximum absolute atomic E-state index is 12.8. The van der Waals surface area contributed by atoms with E-state index in [2.05, 4.69) is 5.32 Å². The molecule has 116 valence electrons. The Bertz CT molecular complexity index is 537. The van der Waals surface area contributed by atoms with Crippen molar-refractivity contribution >= 4 is 23.0 Å². The summed E-state index contributed by atoms with van der Waals surface area (Å²) in [5, 5.41) is 14.0. The van der Waals surface area contributed by atoms with Crippen LogP contribution in [-0.2, 0) is 0 Å². The lowest BCUT2D eigenvalue weighted by Crippen LogP contribution is -2.34. The summed E-state index contributed by atoms with van der Waals surface area (Å²) in [5.74, 6) is -1.35. The van der Waals surface area contributed by atoms with Crippen molar-refractivity contribution in [3.05, 3.63) is 33.3 Å². The van der Waals surface area contributed by atoms with Gasteiger partial charge in [-0.3, -0.25) is 10.1 Å². The molecule has 0 heterocycles. The van der Waals surface area contributed by atoms with Gasteiger partial charge < -0.3 is 5.32 Å². The number of nitrogens with one attached hydrogen (secondary N) is 1. The number of anilines is 1. The third-order valence-electron chi connectivity index (χ3n) is 3.65. The molecule has 2 unspecified atom stereocenters. The van der Waals surface area contributed by atoms with E-state index in [-0.39, 0.29) is 29.2 Å². The van der Waals surface area contributed by atoms with Gasteiger partial charge in [0, 0.05) is 17.1 Å². The van der Waals surface area contributed by atoms with E-state index in [1.165, 1.54) is 18.2 Å². The second kappa shape index (κ2) is 6.09. The molecule has 0 spiro atoms. The first-order valence-corrected chi connectivity index (χ1v) is 6.92. The zero-order chi connectivity index (χ0) is 15.6. The highest BCUT2D eigenvalue weighted by molar-refractivity contribution is 6.30. The van der Waals surface area contributed by atoms with Crippen LogP contribution in [0.15, 0.2) is 18.2 Å². The second-order valence-electron chi connectivity index (χ2n) is 5.16. The first-order chi connectivity index (χ1) is 9.77. The minimum atomic E-state index is -4.22. The Hall–Kier alpha value is -1.50. The van der Waals surface area contributed by atoms with Crippen LogP contribution in [0.25, 0.3) is 0 Å². The van der Waals surface area contributed by atoms with E-state index in [0.717, 1.165) is 0 Å². The van der Waals surface area contributed by atoms with Crippen LogP contribution in [0, 0.1) is 16.0 Å². The van der Waals surface area contributed by atoms with Gasteiger partial charge in [-0.25, -0.2) is 0 Å². The van der Waals surface area contributed by atoms with Crippen molar-refractivity contribution in [1.82, 2.24) is 0 Å². The van der Waals surface area contributed by atoms with E-state index < -0.39 is 23.1 Å². The van der Waals surface area contributed by atoms with Crippen LogP contribution < -0.4 is 5.32 Å². The fourth-order valence-corrected chi connectivity index (χ4v) is 2.78. The number of nitro benzene ring substituents is 1. The van der Waals surface area contributed by atoms with E-state index in [9.17, 15) is 23.3 Å². The average molecular weight is 323 g/mol. The van der Waals surface area contributed by atoms with Crippen LogP contribution >= 0.6 is 11.6 Å². The SMILES string of the molecule is O=[N+]([O-])c1cc(Cl)ccc1NC1CCCC(C(F)(F)F)C1. The Labute approximate surface area is 124 Å². The van der Waals surface area contributed by atoms with E-state index >= 15 is 0 Å². The van der Waals surface area contributed by atoms with Gasteiger partial charge in [0.15, 0.2) is 0 Å². The molecule has 1 aliphatic carbocycles. The van der Waals surface area contributed by atoms with Crippen LogP contribution in [0.3, 0.4) is 0 Å². The first kappa shape index (κ1) is 15.9. The summed E-state index contributed by atoms with van der Waals surface area (Å²) in [6.07, 6.45) is -3.16. The van der Waals surface area contributed by atoms with Gasteiger partial charge >= 0.3 is 6.18 Å². The second-order valence-corrected chi connectivity index (χ2v) is 5.60. The standard InChI is InChI=1S/C13H14ClF3N2O2/c14-9-4-5-11(12(7-9)19(20)21)18-10-3-1-2-8(6-10)13(15,16)17/h4-5,7-8,10,18H,1-3,6H2. The van der Waals surface area contributed by atoms with Crippen LogP contribution in [0.2, 0.25) is 5.02 Å². The third kappa shape index (κ3) is 4.00. The number of benzene rings is 1. The lowest BCUT2D eigenvalue weighted by molar-refractivity contribution is -0.384. The number of hydrogen-bond donors (Lipinski definition) is 1. The van der Waals surface area contributed by atoms with Gasteiger partial charge in [0.1, 0.15) is 5.69 Å². The van der Waals surface area contributed by atoms with Crippen molar-refractivity contribution in [3.8, 4) is 0 Å². The number of halogens is 4. The maximum Gasteiger partial charge on any atom is 0.391 e. The Kier molecular flexibility index (Phi) is 4.61. The van der Waals surface area contributed by atoms with Crippen molar-refractivity contribution in [3.63, 3.8) is 0 Å². The van der Waals surface area contributed by atoms with Crippen LogP contribution in [-0.4, -0.2) is 17.1 Å². The molecule has 0 amide bonds. The molecule has 0 aromatic heterocycles. The van der Waals surface area contributed by atoms with Gasteiger partial charge in [0.25, 0.3) is 5.69 Å². The molecular weight excluding hydrogens is 309 g/mol. The molecule has 8 heteroatoms. The summed E-state index contributed by atoms with van der Waals surface area (Å²) < 4.78 is 38.3. The molecule has 0 bridgehead atoms. The van der Waals surface area contributed by atoms with Crippen molar-refractivity contribution in [2.75, 3.05) is 5.32 Å². The molecule has 21 heavy (non-hydrogen) atoms. The van der Waals surface area contributed by atoms with Gasteiger partial charge in [-0.15, -0.1) is 0 Å². The molecule has 0 aliphatic heterocycles. The lowest BCUT2D eigenvalue weighted by atomic mass is 9.85. The molecule has 1 saturated carbocycles. The lowest BCUT2D eigenvalue weighted by Gasteiger charge is -2.31. The summed E-state index contributed by atoms with van der Waals surface area (Å²) in [6, 6.07) is 3.66. The smallest absolute Gasteiger partial charge is 0.377 e. The van der Waals surface area contributed by atoms with Crippen LogP contribution in [0.5, 0.6) is 0 Å². The van der Waals surface area contributed by atoms with E-state index in [1.807, 2.05) is 0 Å². The van der Waals surface area contributed by atoms with Crippen molar-refractivity contribution in [2.45, 2.75) is 37.9 Å². The predicted molar refractivity (Wildman–Crippen MR) is 73.5 cm³/mol. The monoisotopic (exact) mass is 322 g/mol. The van der Waals surface area contributed by atoms with Crippen LogP contribution in [0.4, 0.5) is 24.5 Å². The van der Waals surface area contributed by atoms with Gasteiger partial charge in [0.2, 0.25) is 0 Å². The quantitative estimate of drug-likeness (QED) is 0.643. The number of nitrogens with zero attached hydrogens (tertiary/aromatic N) is 1. The number of rotatable bonds is 3. The average Bonchev–Trinajstić information content (AvgIpc) is 2.40. The van der Waals surface area contributed by atoms with Gasteiger partial charge in [0.05, 0.1) is 10.8 Å². The normalized spacial score (nSPS) is 22.9. The van der Waals surface area contributed by atoms with Gasteiger partial charge in [-0.05, 0) is 31.4 Å². The minimum absolute atomic E-state index is 0.0662. The zero-order valence-corrected chi connectivity index (χ0v) is 11.7. The van der Waals surface area contributed by atoms with Crippen LogP contribution in [0.1, 0.15) is 25.7 Å². The van der Waals surface area contributed by atoms with Crippen molar-refractivity contribution < 1.29 is 18.1 Å². The molecule has 1 N–H and O–H groups in total. The predicted octanol–water partition coefficient (Wildman–Crippen LogP) is 4.78. The van der Waals surface area contributed by atoms with Crippen molar-refractivity contribution in [2.24, 2.45) is 5.92 Å². The number of hydrogen-bond acceptors (Lipinski definition) is 3. The van der Waals surface area contributed by atoms with E-state index in [4.69, 9.17) is 11.6 Å². The van der Waals surface area contributed by atoms with E-state index in [1.54, 1.807) is 0 Å². The number of nitro groups is 1. The Morgan fingerprint density at radius 3 is 2.67 bits per heavy atom. The first-order valence-electron chi connectivity index (χ1n) is 6.54. The summed E-state index contributed by atoms with van der Waals surface area (Å²) in [7, 11) is 0. The van der Waals surface area contributed by atoms with E-state index in [0.29, 0.717) is 12.8 Å².